The van der Waals surface area contributed by atoms with Crippen LogP contribution in [0.3, 0.4) is 0 Å². The van der Waals surface area contributed by atoms with Crippen LogP contribution in [0, 0.1) is 0 Å². The topological polar surface area (TPSA) is 65.0 Å². The number of fused-ring (bicyclic) bond motifs is 7. The fourth-order valence-electron chi connectivity index (χ4n) is 7.68. The summed E-state index contributed by atoms with van der Waals surface area (Å²) in [7, 11) is 0. The Labute approximate surface area is 309 Å². The van der Waals surface area contributed by atoms with Crippen LogP contribution in [-0.4, -0.2) is 15.0 Å². The van der Waals surface area contributed by atoms with Crippen molar-refractivity contribution in [1.82, 2.24) is 15.0 Å². The van der Waals surface area contributed by atoms with E-state index in [0.717, 1.165) is 93.6 Å². The zero-order valence-corrected chi connectivity index (χ0v) is 28.9. The molecule has 0 aliphatic carbocycles. The summed E-state index contributed by atoms with van der Waals surface area (Å²) in [5, 5.41) is 6.35. The quantitative estimate of drug-likeness (QED) is 0.180. The maximum atomic E-state index is 6.88. The van der Waals surface area contributed by atoms with Gasteiger partial charge in [0.15, 0.2) is 17.5 Å². The van der Waals surface area contributed by atoms with Gasteiger partial charge in [-0.3, -0.25) is 0 Å². The number of nitrogens with zero attached hydrogens (tertiary/aromatic N) is 3. The van der Waals surface area contributed by atoms with Crippen molar-refractivity contribution in [3.63, 3.8) is 0 Å². The van der Waals surface area contributed by atoms with Crippen LogP contribution in [-0.2, 0) is 0 Å². The van der Waals surface area contributed by atoms with Crippen molar-refractivity contribution in [1.29, 1.82) is 0 Å². The Bertz CT molecular complexity index is 3220. The molecule has 5 nitrogen and oxygen atoms in total. The summed E-state index contributed by atoms with van der Waals surface area (Å²) in [5.74, 6) is 1.72. The average Bonchev–Trinajstić information content (AvgIpc) is 3.81. The number of rotatable bonds is 5. The molecule has 0 N–H and O–H groups in total. The molecule has 11 aromatic rings. The number of furan rings is 2. The third-order valence-electron chi connectivity index (χ3n) is 10.3. The predicted octanol–water partition coefficient (Wildman–Crippen LogP) is 13.2. The SMILES string of the molecule is c1ccc(-c2cccc(-c3ccc(-c4nc(-c5ccccc5)nc(-c5ccc6c(c5)oc5ccccc56)n4)c4c3oc3cc5ccccc5cc34)c2)cc1. The second-order valence-corrected chi connectivity index (χ2v) is 13.6. The van der Waals surface area contributed by atoms with E-state index < -0.39 is 0 Å². The largest absolute Gasteiger partial charge is 0.456 e. The average molecular weight is 692 g/mol. The summed E-state index contributed by atoms with van der Waals surface area (Å²) in [6.07, 6.45) is 0. The lowest BCUT2D eigenvalue weighted by Gasteiger charge is -2.11. The number of benzene rings is 8. The molecule has 11 rings (SSSR count). The fraction of sp³-hybridized carbons (Fsp3) is 0. The molecule has 0 aliphatic heterocycles. The monoisotopic (exact) mass is 691 g/mol. The van der Waals surface area contributed by atoms with Gasteiger partial charge in [-0.1, -0.05) is 127 Å². The highest BCUT2D eigenvalue weighted by Gasteiger charge is 2.22. The molecular weight excluding hydrogens is 663 g/mol. The van der Waals surface area contributed by atoms with Crippen LogP contribution in [0.2, 0.25) is 0 Å². The molecule has 3 aromatic heterocycles. The van der Waals surface area contributed by atoms with E-state index in [-0.39, 0.29) is 0 Å². The molecule has 252 valence electrons. The smallest absolute Gasteiger partial charge is 0.164 e. The number of aromatic nitrogens is 3. The fourth-order valence-corrected chi connectivity index (χ4v) is 7.68. The molecular formula is C49H29N3O2. The van der Waals surface area contributed by atoms with Crippen molar-refractivity contribution in [3.05, 3.63) is 176 Å². The van der Waals surface area contributed by atoms with Crippen LogP contribution in [0.4, 0.5) is 0 Å². The van der Waals surface area contributed by atoms with E-state index in [1.165, 1.54) is 0 Å². The lowest BCUT2D eigenvalue weighted by atomic mass is 9.95. The van der Waals surface area contributed by atoms with Gasteiger partial charge in [-0.15, -0.1) is 0 Å². The van der Waals surface area contributed by atoms with Crippen LogP contribution in [0.15, 0.2) is 185 Å². The maximum absolute atomic E-state index is 6.88. The lowest BCUT2D eigenvalue weighted by molar-refractivity contribution is 0.669. The summed E-state index contributed by atoms with van der Waals surface area (Å²) < 4.78 is 13.2. The number of hydrogen-bond acceptors (Lipinski definition) is 5. The first-order valence-corrected chi connectivity index (χ1v) is 18.0. The van der Waals surface area contributed by atoms with Crippen molar-refractivity contribution < 1.29 is 8.83 Å². The van der Waals surface area contributed by atoms with E-state index in [2.05, 4.69) is 115 Å². The molecule has 0 atom stereocenters. The Hall–Kier alpha value is -7.37. The predicted molar refractivity (Wildman–Crippen MR) is 219 cm³/mol. The second-order valence-electron chi connectivity index (χ2n) is 13.6. The molecule has 3 heterocycles. The highest BCUT2D eigenvalue weighted by Crippen LogP contribution is 2.43. The summed E-state index contributed by atoms with van der Waals surface area (Å²) in [4.78, 5) is 15.4. The van der Waals surface area contributed by atoms with Gasteiger partial charge in [0, 0.05) is 43.8 Å². The summed E-state index contributed by atoms with van der Waals surface area (Å²) in [6, 6.07) is 60.5. The molecule has 0 amide bonds. The third kappa shape index (κ3) is 4.98. The number of para-hydroxylation sites is 1. The van der Waals surface area contributed by atoms with Crippen molar-refractivity contribution >= 4 is 54.6 Å². The Morgan fingerprint density at radius 1 is 0.315 bits per heavy atom. The first-order valence-electron chi connectivity index (χ1n) is 18.0. The van der Waals surface area contributed by atoms with E-state index in [4.69, 9.17) is 23.8 Å². The number of hydrogen-bond donors (Lipinski definition) is 0. The highest BCUT2D eigenvalue weighted by atomic mass is 16.3. The Kier molecular flexibility index (Phi) is 6.79. The molecule has 54 heavy (non-hydrogen) atoms. The van der Waals surface area contributed by atoms with Gasteiger partial charge in [0.25, 0.3) is 0 Å². The highest BCUT2D eigenvalue weighted by molar-refractivity contribution is 6.18. The van der Waals surface area contributed by atoms with Gasteiger partial charge in [0.1, 0.15) is 22.3 Å². The second kappa shape index (κ2) is 12.1. The molecule has 0 saturated heterocycles. The summed E-state index contributed by atoms with van der Waals surface area (Å²) in [6.45, 7) is 0. The molecule has 0 unspecified atom stereocenters. The van der Waals surface area contributed by atoms with Crippen molar-refractivity contribution in [2.45, 2.75) is 0 Å². The van der Waals surface area contributed by atoms with E-state index in [9.17, 15) is 0 Å². The van der Waals surface area contributed by atoms with E-state index in [1.807, 2.05) is 60.7 Å². The Morgan fingerprint density at radius 3 is 1.76 bits per heavy atom. The van der Waals surface area contributed by atoms with Gasteiger partial charge in [0.05, 0.1) is 0 Å². The standard InChI is InChI=1S/C49H29N3O2/c1-3-12-30(13-4-1)32-18-11-19-35(26-32)37-24-25-40(45-41-27-33-16-7-8-17-34(33)28-44(41)54-46(37)45)49-51-47(31-14-5-2-6-15-31)50-48(52-49)36-22-23-39-38-20-9-10-21-42(38)53-43(39)29-36/h1-29H. The van der Waals surface area contributed by atoms with Crippen molar-refractivity contribution in [3.8, 4) is 56.4 Å². The zero-order valence-electron chi connectivity index (χ0n) is 28.9. The van der Waals surface area contributed by atoms with Gasteiger partial charge < -0.3 is 8.83 Å². The van der Waals surface area contributed by atoms with Crippen LogP contribution in [0.25, 0.3) is 111 Å². The van der Waals surface area contributed by atoms with Crippen LogP contribution in [0.1, 0.15) is 0 Å². The van der Waals surface area contributed by atoms with Crippen molar-refractivity contribution in [2.24, 2.45) is 0 Å². The van der Waals surface area contributed by atoms with Crippen LogP contribution in [0.5, 0.6) is 0 Å². The van der Waals surface area contributed by atoms with Gasteiger partial charge in [0.2, 0.25) is 0 Å². The van der Waals surface area contributed by atoms with E-state index in [0.29, 0.717) is 17.5 Å². The molecule has 0 bridgehead atoms. The third-order valence-corrected chi connectivity index (χ3v) is 10.3. The molecule has 0 spiro atoms. The maximum Gasteiger partial charge on any atom is 0.164 e. The molecule has 8 aromatic carbocycles. The molecule has 0 fully saturated rings. The van der Waals surface area contributed by atoms with Gasteiger partial charge >= 0.3 is 0 Å². The first-order chi connectivity index (χ1) is 26.7. The Balaban J connectivity index is 1.17. The normalized spacial score (nSPS) is 11.7. The lowest BCUT2D eigenvalue weighted by Crippen LogP contribution is -2.00. The molecule has 0 saturated carbocycles. The zero-order chi connectivity index (χ0) is 35.6. The van der Waals surface area contributed by atoms with Gasteiger partial charge in [-0.2, -0.15) is 0 Å². The van der Waals surface area contributed by atoms with Crippen molar-refractivity contribution in [2.75, 3.05) is 0 Å². The van der Waals surface area contributed by atoms with Gasteiger partial charge in [-0.05, 0) is 76.0 Å². The minimum absolute atomic E-state index is 0.562. The molecule has 0 radical (unpaired) electrons. The van der Waals surface area contributed by atoms with Gasteiger partial charge in [-0.25, -0.2) is 15.0 Å². The van der Waals surface area contributed by atoms with Crippen LogP contribution >= 0.6 is 0 Å². The van der Waals surface area contributed by atoms with Crippen LogP contribution < -0.4 is 0 Å². The summed E-state index contributed by atoms with van der Waals surface area (Å²) in [5.41, 5.74) is 10.2. The first kappa shape index (κ1) is 30.3. The molecule has 0 aliphatic rings. The minimum Gasteiger partial charge on any atom is -0.456 e. The van der Waals surface area contributed by atoms with E-state index >= 15 is 0 Å². The van der Waals surface area contributed by atoms with E-state index in [1.54, 1.807) is 0 Å². The minimum atomic E-state index is 0.562. The molecule has 5 heteroatoms. The summed E-state index contributed by atoms with van der Waals surface area (Å²) >= 11 is 0. The Morgan fingerprint density at radius 2 is 0.926 bits per heavy atom.